The molecule has 0 spiro atoms. The van der Waals surface area contributed by atoms with E-state index >= 15 is 0 Å². The van der Waals surface area contributed by atoms with Gasteiger partial charge in [0.05, 0.1) is 6.61 Å². The quantitative estimate of drug-likeness (QED) is 0.296. The summed E-state index contributed by atoms with van der Waals surface area (Å²) in [7, 11) is 0. The van der Waals surface area contributed by atoms with E-state index in [1.807, 2.05) is 30.5 Å². The maximum Gasteiger partial charge on any atom is 0.328 e. The van der Waals surface area contributed by atoms with Crippen molar-refractivity contribution in [1.29, 1.82) is 0 Å². The van der Waals surface area contributed by atoms with Gasteiger partial charge in [0.25, 0.3) is 0 Å². The second-order valence-corrected chi connectivity index (χ2v) is 7.04. The highest BCUT2D eigenvalue weighted by Gasteiger charge is 2.24. The van der Waals surface area contributed by atoms with E-state index < -0.39 is 29.9 Å². The van der Waals surface area contributed by atoms with Crippen LogP contribution in [0.15, 0.2) is 30.5 Å². The lowest BCUT2D eigenvalue weighted by Crippen LogP contribution is -2.44. The standard InChI is InChI=1S/C21H29N3O5.ClH/c1-2-3-6-11-29-21(28)18(24-19(25)10-9-16(22)20(26)27)12-14-13-23-17-8-5-4-7-15(14)17;/h4-5,7-8,13,16,18,23H,2-3,6,9-12,22H2,1H3,(H,24,25)(H,26,27);1H/t16-,18+;/m1./s1. The number of aromatic nitrogens is 1. The first-order valence-electron chi connectivity index (χ1n) is 9.91. The summed E-state index contributed by atoms with van der Waals surface area (Å²) in [5, 5.41) is 12.5. The summed E-state index contributed by atoms with van der Waals surface area (Å²) in [5.74, 6) is -2.09. The number of nitrogens with two attached hydrogens (primary N) is 1. The normalized spacial score (nSPS) is 12.6. The van der Waals surface area contributed by atoms with Gasteiger partial charge in [0, 0.05) is 29.9 Å². The number of carbonyl (C=O) groups excluding carboxylic acids is 2. The third kappa shape index (κ3) is 7.68. The molecule has 1 heterocycles. The molecule has 0 aliphatic rings. The van der Waals surface area contributed by atoms with Crippen LogP contribution >= 0.6 is 12.4 Å². The number of hydrogen-bond acceptors (Lipinski definition) is 5. The molecule has 0 bridgehead atoms. The van der Waals surface area contributed by atoms with Gasteiger partial charge < -0.3 is 25.9 Å². The largest absolute Gasteiger partial charge is 0.480 e. The number of H-pyrrole nitrogens is 1. The van der Waals surface area contributed by atoms with Crippen molar-refractivity contribution in [3.05, 3.63) is 36.0 Å². The third-order valence-corrected chi connectivity index (χ3v) is 4.71. The fraction of sp³-hybridized carbons (Fsp3) is 0.476. The molecule has 8 nitrogen and oxygen atoms in total. The van der Waals surface area contributed by atoms with Gasteiger partial charge in [-0.25, -0.2) is 4.79 Å². The zero-order valence-electron chi connectivity index (χ0n) is 17.1. The number of rotatable bonds is 12. The van der Waals surface area contributed by atoms with Crippen LogP contribution in [0.2, 0.25) is 0 Å². The van der Waals surface area contributed by atoms with Crippen LogP contribution in [-0.2, 0) is 25.5 Å². The molecule has 0 saturated heterocycles. The van der Waals surface area contributed by atoms with E-state index in [9.17, 15) is 14.4 Å². The Morgan fingerprint density at radius 2 is 1.97 bits per heavy atom. The Morgan fingerprint density at radius 1 is 1.23 bits per heavy atom. The van der Waals surface area contributed by atoms with E-state index in [1.54, 1.807) is 0 Å². The van der Waals surface area contributed by atoms with Gasteiger partial charge in [-0.1, -0.05) is 38.0 Å². The van der Waals surface area contributed by atoms with Crippen molar-refractivity contribution in [2.24, 2.45) is 5.73 Å². The molecule has 5 N–H and O–H groups in total. The summed E-state index contributed by atoms with van der Waals surface area (Å²) in [6.07, 6.45) is 4.73. The molecule has 1 aromatic carbocycles. The Balaban J connectivity index is 0.00000450. The van der Waals surface area contributed by atoms with E-state index in [0.717, 1.165) is 35.7 Å². The molecule has 0 unspecified atom stereocenters. The number of esters is 1. The number of hydrogen-bond donors (Lipinski definition) is 4. The molecule has 9 heteroatoms. The second-order valence-electron chi connectivity index (χ2n) is 7.04. The number of carbonyl (C=O) groups is 3. The van der Waals surface area contributed by atoms with Crippen LogP contribution in [0.4, 0.5) is 0 Å². The van der Waals surface area contributed by atoms with Crippen molar-refractivity contribution in [2.45, 2.75) is 57.5 Å². The average molecular weight is 440 g/mol. The van der Waals surface area contributed by atoms with Crippen LogP contribution in [0.25, 0.3) is 10.9 Å². The van der Waals surface area contributed by atoms with Crippen LogP contribution in [0.5, 0.6) is 0 Å². The smallest absolute Gasteiger partial charge is 0.328 e. The minimum absolute atomic E-state index is 0. The molecule has 166 valence electrons. The van der Waals surface area contributed by atoms with Crippen molar-refractivity contribution in [3.8, 4) is 0 Å². The minimum atomic E-state index is -1.16. The molecule has 0 aliphatic heterocycles. The second kappa shape index (κ2) is 12.9. The molecule has 0 radical (unpaired) electrons. The highest BCUT2D eigenvalue weighted by Crippen LogP contribution is 2.19. The number of halogens is 1. The number of carboxylic acids is 1. The van der Waals surface area contributed by atoms with Crippen molar-refractivity contribution in [1.82, 2.24) is 10.3 Å². The van der Waals surface area contributed by atoms with Crippen molar-refractivity contribution < 1.29 is 24.2 Å². The van der Waals surface area contributed by atoms with Crippen molar-refractivity contribution in [2.75, 3.05) is 6.61 Å². The summed E-state index contributed by atoms with van der Waals surface area (Å²) < 4.78 is 5.35. The number of aromatic amines is 1. The lowest BCUT2D eigenvalue weighted by atomic mass is 10.0. The lowest BCUT2D eigenvalue weighted by Gasteiger charge is -2.18. The molecule has 2 rings (SSSR count). The Labute approximate surface area is 182 Å². The number of aliphatic carboxylic acids is 1. The monoisotopic (exact) mass is 439 g/mol. The van der Waals surface area contributed by atoms with Crippen LogP contribution in [0.3, 0.4) is 0 Å². The van der Waals surface area contributed by atoms with Crippen molar-refractivity contribution in [3.63, 3.8) is 0 Å². The predicted molar refractivity (Wildman–Crippen MR) is 117 cm³/mol. The van der Waals surface area contributed by atoms with Gasteiger partial charge in [-0.05, 0) is 24.5 Å². The zero-order chi connectivity index (χ0) is 21.2. The molecule has 1 aromatic heterocycles. The number of carboxylic acid groups (broad SMARTS) is 1. The van der Waals surface area contributed by atoms with Crippen molar-refractivity contribution >= 4 is 41.2 Å². The molecule has 2 aromatic rings. The average Bonchev–Trinajstić information content (AvgIpc) is 3.11. The molecule has 0 saturated carbocycles. The SMILES string of the molecule is CCCCCOC(=O)[C@H](Cc1c[nH]c2ccccc12)NC(=O)CC[C@@H](N)C(=O)O.Cl. The number of para-hydroxylation sites is 1. The number of ether oxygens (including phenoxy) is 1. The van der Waals surface area contributed by atoms with Crippen LogP contribution in [0, 0.1) is 0 Å². The Kier molecular flexibility index (Phi) is 10.9. The number of unbranched alkanes of at least 4 members (excludes halogenated alkanes) is 2. The Hall–Kier alpha value is -2.58. The summed E-state index contributed by atoms with van der Waals surface area (Å²) >= 11 is 0. The van der Waals surface area contributed by atoms with Gasteiger partial charge in [0.2, 0.25) is 5.91 Å². The molecule has 30 heavy (non-hydrogen) atoms. The number of benzene rings is 1. The van der Waals surface area contributed by atoms with E-state index in [4.69, 9.17) is 15.6 Å². The van der Waals surface area contributed by atoms with Gasteiger partial charge in [-0.2, -0.15) is 0 Å². The van der Waals surface area contributed by atoms with Crippen LogP contribution in [0.1, 0.15) is 44.6 Å². The summed E-state index contributed by atoms with van der Waals surface area (Å²) in [4.78, 5) is 38.8. The fourth-order valence-corrected chi connectivity index (χ4v) is 3.02. The van der Waals surface area contributed by atoms with Gasteiger partial charge >= 0.3 is 11.9 Å². The van der Waals surface area contributed by atoms with Gasteiger partial charge in [-0.3, -0.25) is 9.59 Å². The van der Waals surface area contributed by atoms with Crippen LogP contribution in [-0.4, -0.2) is 46.6 Å². The van der Waals surface area contributed by atoms with Gasteiger partial charge in [0.1, 0.15) is 12.1 Å². The van der Waals surface area contributed by atoms with Gasteiger partial charge in [0.15, 0.2) is 0 Å². The lowest BCUT2D eigenvalue weighted by molar-refractivity contribution is -0.148. The fourth-order valence-electron chi connectivity index (χ4n) is 3.02. The van der Waals surface area contributed by atoms with Crippen LogP contribution < -0.4 is 11.1 Å². The minimum Gasteiger partial charge on any atom is -0.480 e. The topological polar surface area (TPSA) is 135 Å². The van der Waals surface area contributed by atoms with E-state index in [1.165, 1.54) is 0 Å². The highest BCUT2D eigenvalue weighted by molar-refractivity contribution is 5.87. The number of fused-ring (bicyclic) bond motifs is 1. The molecule has 1 amide bonds. The molecule has 0 aliphatic carbocycles. The molecule has 2 atom stereocenters. The summed E-state index contributed by atoms with van der Waals surface area (Å²) in [5.41, 5.74) is 7.27. The summed E-state index contributed by atoms with van der Waals surface area (Å²) in [6, 6.07) is 5.72. The third-order valence-electron chi connectivity index (χ3n) is 4.71. The van der Waals surface area contributed by atoms with E-state index in [2.05, 4.69) is 17.2 Å². The summed E-state index contributed by atoms with van der Waals surface area (Å²) in [6.45, 7) is 2.36. The van der Waals surface area contributed by atoms with Gasteiger partial charge in [-0.15, -0.1) is 12.4 Å². The highest BCUT2D eigenvalue weighted by atomic mass is 35.5. The first-order valence-corrected chi connectivity index (χ1v) is 9.91. The Bertz CT molecular complexity index is 839. The maximum atomic E-state index is 12.6. The molecular formula is C21H30ClN3O5. The van der Waals surface area contributed by atoms with E-state index in [0.29, 0.717) is 6.61 Å². The molecular weight excluding hydrogens is 410 g/mol. The Morgan fingerprint density at radius 3 is 2.67 bits per heavy atom. The van der Waals surface area contributed by atoms with E-state index in [-0.39, 0.29) is 31.7 Å². The maximum absolute atomic E-state index is 12.6. The first kappa shape index (κ1) is 25.5. The first-order chi connectivity index (χ1) is 13.9. The zero-order valence-corrected chi connectivity index (χ0v) is 17.9. The number of amides is 1. The number of nitrogens with one attached hydrogen (secondary N) is 2. The predicted octanol–water partition coefficient (Wildman–Crippen LogP) is 2.54. The molecule has 0 fully saturated rings.